The van der Waals surface area contributed by atoms with E-state index in [9.17, 15) is 4.39 Å². The number of benzene rings is 1. The number of rotatable bonds is 2. The first-order chi connectivity index (χ1) is 7.58. The zero-order valence-electron chi connectivity index (χ0n) is 8.25. The van der Waals surface area contributed by atoms with Gasteiger partial charge >= 0.3 is 0 Å². The van der Waals surface area contributed by atoms with E-state index in [2.05, 4.69) is 10.1 Å². The molecule has 0 aliphatic rings. The molecule has 0 fully saturated rings. The Morgan fingerprint density at radius 3 is 2.81 bits per heavy atom. The molecular formula is C10H7ClFIN2O. The minimum absolute atomic E-state index is 0.293. The molecule has 0 amide bonds. The normalized spacial score (nSPS) is 12.8. The van der Waals surface area contributed by atoms with Crippen LogP contribution in [0.15, 0.2) is 22.7 Å². The number of hydrogen-bond acceptors (Lipinski definition) is 3. The summed E-state index contributed by atoms with van der Waals surface area (Å²) in [6, 6.07) is 4.36. The highest BCUT2D eigenvalue weighted by molar-refractivity contribution is 14.1. The van der Waals surface area contributed by atoms with Gasteiger partial charge in [0.25, 0.3) is 5.89 Å². The molecule has 1 aromatic heterocycles. The first-order valence-corrected chi connectivity index (χ1v) is 6.02. The molecule has 84 valence electrons. The monoisotopic (exact) mass is 352 g/mol. The molecule has 0 spiro atoms. The fourth-order valence-electron chi connectivity index (χ4n) is 1.17. The molecule has 6 heteroatoms. The Morgan fingerprint density at radius 1 is 1.50 bits per heavy atom. The molecule has 1 atom stereocenters. The molecule has 0 aliphatic carbocycles. The van der Waals surface area contributed by atoms with E-state index in [1.807, 2.05) is 22.6 Å². The fourth-order valence-corrected chi connectivity index (χ4v) is 1.97. The second kappa shape index (κ2) is 4.67. The Morgan fingerprint density at radius 2 is 2.25 bits per heavy atom. The van der Waals surface area contributed by atoms with Crippen LogP contribution in [0.2, 0.25) is 0 Å². The predicted molar refractivity (Wildman–Crippen MR) is 66.7 cm³/mol. The maximum absolute atomic E-state index is 12.9. The third-order valence-electron chi connectivity index (χ3n) is 1.96. The van der Waals surface area contributed by atoms with Crippen molar-refractivity contribution in [1.82, 2.24) is 10.1 Å². The Balaban J connectivity index is 2.42. The highest BCUT2D eigenvalue weighted by atomic mass is 127. The minimum atomic E-state index is -0.310. The molecule has 0 aliphatic heterocycles. The Hall–Kier alpha value is -0.690. The lowest BCUT2D eigenvalue weighted by atomic mass is 10.2. The van der Waals surface area contributed by atoms with E-state index >= 15 is 0 Å². The van der Waals surface area contributed by atoms with Crippen LogP contribution in [-0.4, -0.2) is 10.1 Å². The average molecular weight is 353 g/mol. The summed E-state index contributed by atoms with van der Waals surface area (Å²) < 4.78 is 18.7. The molecule has 16 heavy (non-hydrogen) atoms. The van der Waals surface area contributed by atoms with Crippen molar-refractivity contribution in [2.24, 2.45) is 0 Å². The summed E-state index contributed by atoms with van der Waals surface area (Å²) in [6.07, 6.45) is 0. The molecule has 0 saturated carbocycles. The van der Waals surface area contributed by atoms with Crippen LogP contribution >= 0.6 is 34.2 Å². The van der Waals surface area contributed by atoms with Crippen molar-refractivity contribution in [3.8, 4) is 11.5 Å². The second-order valence-electron chi connectivity index (χ2n) is 3.20. The molecule has 2 rings (SSSR count). The van der Waals surface area contributed by atoms with Gasteiger partial charge in [0.15, 0.2) is 5.82 Å². The van der Waals surface area contributed by atoms with Crippen molar-refractivity contribution in [2.45, 2.75) is 12.3 Å². The van der Waals surface area contributed by atoms with Crippen molar-refractivity contribution < 1.29 is 8.91 Å². The van der Waals surface area contributed by atoms with Crippen molar-refractivity contribution >= 4 is 34.2 Å². The molecule has 1 aromatic carbocycles. The number of alkyl halides is 1. The number of aromatic nitrogens is 2. The van der Waals surface area contributed by atoms with Gasteiger partial charge in [-0.25, -0.2) is 4.39 Å². The third-order valence-corrected chi connectivity index (χ3v) is 3.05. The molecule has 1 unspecified atom stereocenters. The van der Waals surface area contributed by atoms with Gasteiger partial charge in [0.1, 0.15) is 5.82 Å². The zero-order valence-corrected chi connectivity index (χ0v) is 11.2. The van der Waals surface area contributed by atoms with Gasteiger partial charge in [-0.05, 0) is 47.7 Å². The van der Waals surface area contributed by atoms with Crippen molar-refractivity contribution in [3.63, 3.8) is 0 Å². The molecule has 0 saturated heterocycles. The second-order valence-corrected chi connectivity index (χ2v) is 5.01. The summed E-state index contributed by atoms with van der Waals surface area (Å²) in [5, 5.41) is 3.43. The van der Waals surface area contributed by atoms with E-state index in [0.29, 0.717) is 17.3 Å². The van der Waals surface area contributed by atoms with Crippen LogP contribution in [0.3, 0.4) is 0 Å². The lowest BCUT2D eigenvalue weighted by molar-refractivity contribution is 0.422. The van der Waals surface area contributed by atoms with Gasteiger partial charge in [-0.3, -0.25) is 0 Å². The van der Waals surface area contributed by atoms with Gasteiger partial charge in [-0.1, -0.05) is 5.16 Å². The number of nitrogens with zero attached hydrogens (tertiary/aromatic N) is 2. The first-order valence-electron chi connectivity index (χ1n) is 4.51. The van der Waals surface area contributed by atoms with Crippen LogP contribution < -0.4 is 0 Å². The van der Waals surface area contributed by atoms with E-state index in [0.717, 1.165) is 3.57 Å². The number of halogens is 3. The van der Waals surface area contributed by atoms with E-state index < -0.39 is 0 Å². The molecular weight excluding hydrogens is 345 g/mol. The zero-order chi connectivity index (χ0) is 11.7. The van der Waals surface area contributed by atoms with Crippen LogP contribution in [0, 0.1) is 9.39 Å². The summed E-state index contributed by atoms with van der Waals surface area (Å²) in [4.78, 5) is 4.13. The van der Waals surface area contributed by atoms with Gasteiger partial charge in [-0.15, -0.1) is 11.6 Å². The molecule has 2 aromatic rings. The van der Waals surface area contributed by atoms with Crippen molar-refractivity contribution in [3.05, 3.63) is 33.4 Å². The van der Waals surface area contributed by atoms with E-state index in [4.69, 9.17) is 16.1 Å². The van der Waals surface area contributed by atoms with Gasteiger partial charge < -0.3 is 4.52 Å². The lowest BCUT2D eigenvalue weighted by Gasteiger charge is -1.98. The standard InChI is InChI=1S/C10H7ClFIN2O/c1-5(11)9-14-10(16-15-9)7-3-2-6(12)4-8(7)13/h2-5H,1H3. The molecule has 0 radical (unpaired) electrons. The van der Waals surface area contributed by atoms with Crippen molar-refractivity contribution in [2.75, 3.05) is 0 Å². The highest BCUT2D eigenvalue weighted by Gasteiger charge is 2.14. The van der Waals surface area contributed by atoms with E-state index in [1.54, 1.807) is 13.0 Å². The molecule has 0 N–H and O–H groups in total. The van der Waals surface area contributed by atoms with Crippen LogP contribution in [0.1, 0.15) is 18.1 Å². The lowest BCUT2D eigenvalue weighted by Crippen LogP contribution is -1.88. The third kappa shape index (κ3) is 2.35. The summed E-state index contributed by atoms with van der Waals surface area (Å²) in [5.41, 5.74) is 0.707. The van der Waals surface area contributed by atoms with Crippen LogP contribution in [-0.2, 0) is 0 Å². The SMILES string of the molecule is CC(Cl)c1noc(-c2ccc(F)cc2I)n1. The summed E-state index contributed by atoms with van der Waals surface area (Å²) in [7, 11) is 0. The van der Waals surface area contributed by atoms with Crippen LogP contribution in [0.25, 0.3) is 11.5 Å². The smallest absolute Gasteiger partial charge is 0.259 e. The summed E-state index contributed by atoms with van der Waals surface area (Å²) in [6.45, 7) is 1.76. The van der Waals surface area contributed by atoms with E-state index in [1.165, 1.54) is 12.1 Å². The maximum atomic E-state index is 12.9. The molecule has 1 heterocycles. The van der Waals surface area contributed by atoms with Crippen LogP contribution in [0.4, 0.5) is 4.39 Å². The van der Waals surface area contributed by atoms with Gasteiger partial charge in [0.05, 0.1) is 10.9 Å². The highest BCUT2D eigenvalue weighted by Crippen LogP contribution is 2.26. The van der Waals surface area contributed by atoms with Crippen molar-refractivity contribution in [1.29, 1.82) is 0 Å². The fraction of sp³-hybridized carbons (Fsp3) is 0.200. The quantitative estimate of drug-likeness (QED) is 0.610. The average Bonchev–Trinajstić information content (AvgIpc) is 2.66. The predicted octanol–water partition coefficient (Wildman–Crippen LogP) is 3.78. The summed E-state index contributed by atoms with van der Waals surface area (Å²) >= 11 is 7.84. The molecule has 3 nitrogen and oxygen atoms in total. The molecule has 0 bridgehead atoms. The number of hydrogen-bond donors (Lipinski definition) is 0. The topological polar surface area (TPSA) is 38.9 Å². The Labute approximate surface area is 110 Å². The van der Waals surface area contributed by atoms with Gasteiger partial charge in [0, 0.05) is 3.57 Å². The Bertz CT molecular complexity index is 515. The summed E-state index contributed by atoms with van der Waals surface area (Å²) in [5.74, 6) is 0.488. The van der Waals surface area contributed by atoms with Gasteiger partial charge in [-0.2, -0.15) is 4.98 Å². The maximum Gasteiger partial charge on any atom is 0.259 e. The van der Waals surface area contributed by atoms with Crippen LogP contribution in [0.5, 0.6) is 0 Å². The first kappa shape index (κ1) is 11.8. The Kier molecular flexibility index (Phi) is 3.44. The van der Waals surface area contributed by atoms with Gasteiger partial charge in [0.2, 0.25) is 0 Å². The minimum Gasteiger partial charge on any atom is -0.334 e. The largest absolute Gasteiger partial charge is 0.334 e. The van der Waals surface area contributed by atoms with E-state index in [-0.39, 0.29) is 11.2 Å².